The fourth-order valence-corrected chi connectivity index (χ4v) is 2.71. The van der Waals surface area contributed by atoms with Gasteiger partial charge in [-0.15, -0.1) is 0 Å². The summed E-state index contributed by atoms with van der Waals surface area (Å²) in [7, 11) is 0. The van der Waals surface area contributed by atoms with Crippen molar-refractivity contribution in [3.05, 3.63) is 34.8 Å². The Labute approximate surface area is 108 Å². The van der Waals surface area contributed by atoms with E-state index in [0.29, 0.717) is 24.6 Å². The first-order chi connectivity index (χ1) is 9.09. The molecule has 2 nitrogen and oxygen atoms in total. The number of nitrogens with two attached hydrogens (primary N) is 1. The molecule has 0 unspecified atom stereocenters. The Hall–Kier alpha value is -1.78. The molecule has 2 aromatic rings. The third kappa shape index (κ3) is 1.84. The second-order valence-electron chi connectivity index (χ2n) is 4.89. The number of halogens is 3. The topological polar surface area (TPSA) is 38.9 Å². The Morgan fingerprint density at radius 2 is 1.74 bits per heavy atom. The van der Waals surface area contributed by atoms with Crippen molar-refractivity contribution < 1.29 is 13.2 Å². The van der Waals surface area contributed by atoms with E-state index in [1.165, 1.54) is 0 Å². The summed E-state index contributed by atoms with van der Waals surface area (Å²) in [6.07, 6.45) is 4.31. The van der Waals surface area contributed by atoms with Crippen LogP contribution in [0.25, 0.3) is 10.9 Å². The van der Waals surface area contributed by atoms with Crippen LogP contribution in [0.15, 0.2) is 6.07 Å². The van der Waals surface area contributed by atoms with Crippen molar-refractivity contribution in [3.8, 4) is 0 Å². The maximum Gasteiger partial charge on any atom is 0.170 e. The summed E-state index contributed by atoms with van der Waals surface area (Å²) in [6, 6.07) is 0.521. The van der Waals surface area contributed by atoms with Crippen molar-refractivity contribution >= 4 is 16.6 Å². The minimum Gasteiger partial charge on any atom is -0.398 e. The highest BCUT2D eigenvalue weighted by molar-refractivity contribution is 5.93. The molecule has 0 saturated carbocycles. The maximum atomic E-state index is 13.8. The van der Waals surface area contributed by atoms with Crippen LogP contribution in [-0.2, 0) is 12.8 Å². The van der Waals surface area contributed by atoms with Crippen LogP contribution in [-0.4, -0.2) is 4.98 Å². The first-order valence-electron chi connectivity index (χ1n) is 6.34. The van der Waals surface area contributed by atoms with Gasteiger partial charge in [-0.1, -0.05) is 6.42 Å². The Morgan fingerprint density at radius 3 is 2.53 bits per heavy atom. The number of hydrogen-bond donors (Lipinski definition) is 1. The smallest absolute Gasteiger partial charge is 0.170 e. The van der Waals surface area contributed by atoms with Crippen molar-refractivity contribution in [3.63, 3.8) is 0 Å². The van der Waals surface area contributed by atoms with Gasteiger partial charge in [-0.3, -0.25) is 0 Å². The van der Waals surface area contributed by atoms with E-state index < -0.39 is 17.5 Å². The zero-order chi connectivity index (χ0) is 13.6. The van der Waals surface area contributed by atoms with Crippen molar-refractivity contribution in [1.29, 1.82) is 0 Å². The van der Waals surface area contributed by atoms with E-state index in [1.54, 1.807) is 0 Å². The first-order valence-corrected chi connectivity index (χ1v) is 6.34. The van der Waals surface area contributed by atoms with Gasteiger partial charge in [0.15, 0.2) is 17.5 Å². The fraction of sp³-hybridized carbons (Fsp3) is 0.357. The van der Waals surface area contributed by atoms with Crippen LogP contribution in [0.5, 0.6) is 0 Å². The number of hydrogen-bond acceptors (Lipinski definition) is 2. The molecule has 0 radical (unpaired) electrons. The van der Waals surface area contributed by atoms with Crippen LogP contribution in [0.1, 0.15) is 30.5 Å². The fourth-order valence-electron chi connectivity index (χ4n) is 2.71. The van der Waals surface area contributed by atoms with Gasteiger partial charge in [0.2, 0.25) is 0 Å². The lowest BCUT2D eigenvalue weighted by Gasteiger charge is -2.13. The van der Waals surface area contributed by atoms with Crippen molar-refractivity contribution in [2.45, 2.75) is 32.1 Å². The average Bonchev–Trinajstić information content (AvgIpc) is 2.61. The summed E-state index contributed by atoms with van der Waals surface area (Å²) in [6.45, 7) is 0. The van der Waals surface area contributed by atoms with E-state index in [0.717, 1.165) is 24.8 Å². The van der Waals surface area contributed by atoms with Crippen LogP contribution < -0.4 is 5.73 Å². The number of benzene rings is 1. The third-order valence-electron chi connectivity index (χ3n) is 3.68. The second kappa shape index (κ2) is 4.40. The highest BCUT2D eigenvalue weighted by Gasteiger charge is 2.21. The van der Waals surface area contributed by atoms with Crippen LogP contribution in [0.2, 0.25) is 0 Å². The number of nitrogens with zero attached hydrogens (tertiary/aromatic N) is 1. The normalized spacial score (nSPS) is 15.3. The molecule has 0 aliphatic heterocycles. The number of aromatic nitrogens is 1. The van der Waals surface area contributed by atoms with Crippen LogP contribution in [0.3, 0.4) is 0 Å². The van der Waals surface area contributed by atoms with Gasteiger partial charge in [-0.2, -0.15) is 0 Å². The van der Waals surface area contributed by atoms with E-state index in [1.807, 2.05) is 0 Å². The summed E-state index contributed by atoms with van der Waals surface area (Å²) >= 11 is 0. The van der Waals surface area contributed by atoms with Gasteiger partial charge in [0.05, 0.1) is 5.39 Å². The van der Waals surface area contributed by atoms with Gasteiger partial charge in [-0.25, -0.2) is 18.2 Å². The molecule has 1 aliphatic carbocycles. The van der Waals surface area contributed by atoms with Crippen molar-refractivity contribution in [2.75, 3.05) is 5.73 Å². The summed E-state index contributed by atoms with van der Waals surface area (Å²) in [5.74, 6) is -3.21. The molecule has 1 aromatic carbocycles. The first kappa shape index (κ1) is 12.3. The maximum absolute atomic E-state index is 13.8. The Balaban J connectivity index is 2.41. The predicted molar refractivity (Wildman–Crippen MR) is 67.3 cm³/mol. The van der Waals surface area contributed by atoms with E-state index in [-0.39, 0.29) is 16.6 Å². The number of nitrogen functional groups attached to an aromatic ring is 1. The Morgan fingerprint density at radius 1 is 1.00 bits per heavy atom. The van der Waals surface area contributed by atoms with Gasteiger partial charge in [-0.05, 0) is 31.2 Å². The van der Waals surface area contributed by atoms with Crippen molar-refractivity contribution in [2.24, 2.45) is 0 Å². The number of pyridine rings is 1. The molecule has 0 fully saturated rings. The SMILES string of the molecule is Nc1c2c(nc3c(F)cc(F)c(F)c13)CCCCC2. The molecule has 0 spiro atoms. The Kier molecular flexibility index (Phi) is 2.84. The molecule has 0 atom stereocenters. The Bertz CT molecular complexity index is 668. The van der Waals surface area contributed by atoms with Gasteiger partial charge in [0.1, 0.15) is 5.52 Å². The van der Waals surface area contributed by atoms with Crippen LogP contribution in [0, 0.1) is 17.5 Å². The number of rotatable bonds is 0. The number of fused-ring (bicyclic) bond motifs is 2. The highest BCUT2D eigenvalue weighted by atomic mass is 19.2. The molecule has 0 saturated heterocycles. The van der Waals surface area contributed by atoms with Gasteiger partial charge in [0, 0.05) is 17.4 Å². The molecule has 3 rings (SSSR count). The lowest BCUT2D eigenvalue weighted by molar-refractivity contribution is 0.505. The van der Waals surface area contributed by atoms with Gasteiger partial charge < -0.3 is 5.73 Å². The molecule has 1 heterocycles. The average molecular weight is 266 g/mol. The number of aryl methyl sites for hydroxylation is 1. The zero-order valence-corrected chi connectivity index (χ0v) is 10.3. The van der Waals surface area contributed by atoms with Gasteiger partial charge in [0.25, 0.3) is 0 Å². The van der Waals surface area contributed by atoms with E-state index in [2.05, 4.69) is 4.98 Å². The van der Waals surface area contributed by atoms with E-state index >= 15 is 0 Å². The van der Waals surface area contributed by atoms with E-state index in [9.17, 15) is 13.2 Å². The molecule has 0 bridgehead atoms. The van der Waals surface area contributed by atoms with Crippen molar-refractivity contribution in [1.82, 2.24) is 4.98 Å². The van der Waals surface area contributed by atoms with Crippen LogP contribution >= 0.6 is 0 Å². The molecular formula is C14H13F3N2. The summed E-state index contributed by atoms with van der Waals surface area (Å²) in [5.41, 5.74) is 7.36. The van der Waals surface area contributed by atoms with Crippen LogP contribution in [0.4, 0.5) is 18.9 Å². The molecule has 5 heteroatoms. The summed E-state index contributed by atoms with van der Waals surface area (Å²) < 4.78 is 40.9. The predicted octanol–water partition coefficient (Wildman–Crippen LogP) is 3.50. The quantitative estimate of drug-likeness (QED) is 0.585. The molecule has 100 valence electrons. The lowest BCUT2D eigenvalue weighted by atomic mass is 10.0. The largest absolute Gasteiger partial charge is 0.398 e. The van der Waals surface area contributed by atoms with Gasteiger partial charge >= 0.3 is 0 Å². The highest BCUT2D eigenvalue weighted by Crippen LogP contribution is 2.33. The summed E-state index contributed by atoms with van der Waals surface area (Å²) in [4.78, 5) is 4.18. The summed E-state index contributed by atoms with van der Waals surface area (Å²) in [5, 5.41) is -0.224. The lowest BCUT2D eigenvalue weighted by Crippen LogP contribution is -2.06. The molecule has 1 aromatic heterocycles. The standard InChI is InChI=1S/C14H13F3N2/c15-8-6-9(16)14-11(12(8)17)13(18)7-4-2-1-3-5-10(7)19-14/h6H,1-5H2,(H2,18,19). The third-order valence-corrected chi connectivity index (χ3v) is 3.68. The molecule has 1 aliphatic rings. The minimum absolute atomic E-state index is 0.137. The molecule has 19 heavy (non-hydrogen) atoms. The minimum atomic E-state index is -1.23. The second-order valence-corrected chi connectivity index (χ2v) is 4.89. The molecular weight excluding hydrogens is 253 g/mol. The zero-order valence-electron chi connectivity index (χ0n) is 10.3. The van der Waals surface area contributed by atoms with E-state index in [4.69, 9.17) is 5.73 Å². The monoisotopic (exact) mass is 266 g/mol. The molecule has 2 N–H and O–H groups in total. The number of anilines is 1. The molecule has 0 amide bonds.